The fraction of sp³-hybridized carbons (Fsp3) is 0.588. The Balaban J connectivity index is 1.60. The number of carbonyl (C=O) groups excluding carboxylic acids is 1. The van der Waals surface area contributed by atoms with Crippen LogP contribution in [0.4, 0.5) is 4.79 Å². The van der Waals surface area contributed by atoms with E-state index in [9.17, 15) is 9.90 Å². The SMILES string of the molecule is Cc1ccccc1[C@H](NC(=O)NCC1(CO)CC1)C1CC1. The van der Waals surface area contributed by atoms with Crippen molar-refractivity contribution in [2.24, 2.45) is 11.3 Å². The number of benzene rings is 1. The fourth-order valence-corrected chi connectivity index (χ4v) is 2.84. The molecule has 4 nitrogen and oxygen atoms in total. The Labute approximate surface area is 125 Å². The molecule has 1 aromatic carbocycles. The van der Waals surface area contributed by atoms with Gasteiger partial charge in [0.2, 0.25) is 0 Å². The number of aliphatic hydroxyl groups excluding tert-OH is 1. The van der Waals surface area contributed by atoms with Crippen LogP contribution in [0.25, 0.3) is 0 Å². The quantitative estimate of drug-likeness (QED) is 0.753. The van der Waals surface area contributed by atoms with Gasteiger partial charge in [0.1, 0.15) is 0 Å². The lowest BCUT2D eigenvalue weighted by atomic mass is 9.98. The van der Waals surface area contributed by atoms with Crippen LogP contribution in [0.5, 0.6) is 0 Å². The van der Waals surface area contributed by atoms with Gasteiger partial charge in [0.05, 0.1) is 12.6 Å². The van der Waals surface area contributed by atoms with Gasteiger partial charge < -0.3 is 15.7 Å². The van der Waals surface area contributed by atoms with Crippen molar-refractivity contribution in [2.45, 2.75) is 38.6 Å². The summed E-state index contributed by atoms with van der Waals surface area (Å²) < 4.78 is 0. The number of hydrogen-bond acceptors (Lipinski definition) is 2. The van der Waals surface area contributed by atoms with Gasteiger partial charge in [0.25, 0.3) is 0 Å². The summed E-state index contributed by atoms with van der Waals surface area (Å²) in [6, 6.07) is 8.25. The highest BCUT2D eigenvalue weighted by atomic mass is 16.3. The average Bonchev–Trinajstić information content (AvgIpc) is 3.38. The van der Waals surface area contributed by atoms with Crippen molar-refractivity contribution in [3.8, 4) is 0 Å². The molecule has 1 atom stereocenters. The van der Waals surface area contributed by atoms with E-state index in [2.05, 4.69) is 29.7 Å². The Morgan fingerprint density at radius 1 is 1.38 bits per heavy atom. The molecule has 3 rings (SSSR count). The van der Waals surface area contributed by atoms with Crippen molar-refractivity contribution in [2.75, 3.05) is 13.2 Å². The van der Waals surface area contributed by atoms with Crippen LogP contribution in [0.3, 0.4) is 0 Å². The van der Waals surface area contributed by atoms with Crippen molar-refractivity contribution < 1.29 is 9.90 Å². The van der Waals surface area contributed by atoms with E-state index in [1.807, 2.05) is 12.1 Å². The van der Waals surface area contributed by atoms with Gasteiger partial charge in [-0.05, 0) is 49.7 Å². The second-order valence-electron chi connectivity index (χ2n) is 6.66. The third-order valence-electron chi connectivity index (χ3n) is 4.82. The average molecular weight is 288 g/mol. The van der Waals surface area contributed by atoms with Crippen LogP contribution in [0.1, 0.15) is 42.9 Å². The molecule has 4 heteroatoms. The fourth-order valence-electron chi connectivity index (χ4n) is 2.84. The maximum atomic E-state index is 12.2. The summed E-state index contributed by atoms with van der Waals surface area (Å²) in [5.74, 6) is 0.560. The summed E-state index contributed by atoms with van der Waals surface area (Å²) in [6.45, 7) is 2.83. The van der Waals surface area contributed by atoms with Gasteiger partial charge in [-0.25, -0.2) is 4.79 Å². The first-order valence-electron chi connectivity index (χ1n) is 7.84. The lowest BCUT2D eigenvalue weighted by Crippen LogP contribution is -2.42. The monoisotopic (exact) mass is 288 g/mol. The molecule has 0 saturated heterocycles. The molecule has 2 fully saturated rings. The molecule has 0 bridgehead atoms. The number of rotatable bonds is 6. The van der Waals surface area contributed by atoms with Crippen LogP contribution in [-0.4, -0.2) is 24.3 Å². The van der Waals surface area contributed by atoms with E-state index in [1.54, 1.807) is 0 Å². The highest BCUT2D eigenvalue weighted by Crippen LogP contribution is 2.44. The van der Waals surface area contributed by atoms with Gasteiger partial charge in [-0.3, -0.25) is 0 Å². The molecule has 2 aliphatic rings. The number of aryl methyl sites for hydroxylation is 1. The second kappa shape index (κ2) is 5.68. The number of aliphatic hydroxyl groups is 1. The number of hydrogen-bond donors (Lipinski definition) is 3. The maximum Gasteiger partial charge on any atom is 0.315 e. The number of carbonyl (C=O) groups is 1. The first-order valence-corrected chi connectivity index (χ1v) is 7.84. The molecule has 0 radical (unpaired) electrons. The topological polar surface area (TPSA) is 61.4 Å². The van der Waals surface area contributed by atoms with E-state index >= 15 is 0 Å². The third kappa shape index (κ3) is 3.38. The molecule has 2 amide bonds. The molecular formula is C17H24N2O2. The summed E-state index contributed by atoms with van der Waals surface area (Å²) in [5.41, 5.74) is 2.40. The zero-order chi connectivity index (χ0) is 14.9. The summed E-state index contributed by atoms with van der Waals surface area (Å²) in [7, 11) is 0. The minimum Gasteiger partial charge on any atom is -0.396 e. The van der Waals surface area contributed by atoms with Crippen molar-refractivity contribution in [3.05, 3.63) is 35.4 Å². The minimum absolute atomic E-state index is 0.0465. The van der Waals surface area contributed by atoms with Crippen molar-refractivity contribution in [1.29, 1.82) is 0 Å². The Hall–Kier alpha value is -1.55. The van der Waals surface area contributed by atoms with Crippen molar-refractivity contribution >= 4 is 6.03 Å². The van der Waals surface area contributed by atoms with Crippen LogP contribution in [0, 0.1) is 18.3 Å². The van der Waals surface area contributed by atoms with E-state index in [1.165, 1.54) is 24.0 Å². The molecule has 114 valence electrons. The molecule has 0 aromatic heterocycles. The highest BCUT2D eigenvalue weighted by molar-refractivity contribution is 5.74. The van der Waals surface area contributed by atoms with E-state index in [0.29, 0.717) is 12.5 Å². The summed E-state index contributed by atoms with van der Waals surface area (Å²) in [4.78, 5) is 12.2. The molecule has 2 aliphatic carbocycles. The van der Waals surface area contributed by atoms with Gasteiger partial charge >= 0.3 is 6.03 Å². The van der Waals surface area contributed by atoms with Crippen LogP contribution >= 0.6 is 0 Å². The number of urea groups is 1. The largest absolute Gasteiger partial charge is 0.396 e. The van der Waals surface area contributed by atoms with Gasteiger partial charge in [0, 0.05) is 12.0 Å². The van der Waals surface area contributed by atoms with E-state index in [0.717, 1.165) is 12.8 Å². The summed E-state index contributed by atoms with van der Waals surface area (Å²) in [5, 5.41) is 15.3. The van der Waals surface area contributed by atoms with Gasteiger partial charge in [0.15, 0.2) is 0 Å². The molecule has 0 spiro atoms. The van der Waals surface area contributed by atoms with Crippen molar-refractivity contribution in [3.63, 3.8) is 0 Å². The zero-order valence-corrected chi connectivity index (χ0v) is 12.6. The first-order chi connectivity index (χ1) is 10.1. The first kappa shape index (κ1) is 14.4. The lowest BCUT2D eigenvalue weighted by Gasteiger charge is -2.22. The molecule has 0 aliphatic heterocycles. The number of amides is 2. The zero-order valence-electron chi connectivity index (χ0n) is 12.6. The normalized spacial score (nSPS) is 20.7. The number of nitrogens with one attached hydrogen (secondary N) is 2. The summed E-state index contributed by atoms with van der Waals surface area (Å²) in [6.07, 6.45) is 4.38. The van der Waals surface area contributed by atoms with E-state index < -0.39 is 0 Å². The summed E-state index contributed by atoms with van der Waals surface area (Å²) >= 11 is 0. The second-order valence-corrected chi connectivity index (χ2v) is 6.66. The molecule has 21 heavy (non-hydrogen) atoms. The Bertz CT molecular complexity index is 521. The Kier molecular flexibility index (Phi) is 3.89. The maximum absolute atomic E-state index is 12.2. The van der Waals surface area contributed by atoms with Crippen molar-refractivity contribution in [1.82, 2.24) is 10.6 Å². The van der Waals surface area contributed by atoms with Gasteiger partial charge in [-0.2, -0.15) is 0 Å². The molecular weight excluding hydrogens is 264 g/mol. The van der Waals surface area contributed by atoms with Crippen LogP contribution in [0.2, 0.25) is 0 Å². The molecule has 1 aromatic rings. The van der Waals surface area contributed by atoms with Crippen LogP contribution < -0.4 is 10.6 Å². The van der Waals surface area contributed by atoms with E-state index in [-0.39, 0.29) is 24.1 Å². The Morgan fingerprint density at radius 2 is 2.10 bits per heavy atom. The van der Waals surface area contributed by atoms with Gasteiger partial charge in [-0.15, -0.1) is 0 Å². The molecule has 0 unspecified atom stereocenters. The smallest absolute Gasteiger partial charge is 0.315 e. The van der Waals surface area contributed by atoms with Crippen LogP contribution in [0.15, 0.2) is 24.3 Å². The highest BCUT2D eigenvalue weighted by Gasteiger charge is 2.42. The predicted molar refractivity (Wildman–Crippen MR) is 81.9 cm³/mol. The minimum atomic E-state index is -0.116. The predicted octanol–water partition coefficient (Wildman–Crippen LogP) is 2.52. The molecule has 2 saturated carbocycles. The van der Waals surface area contributed by atoms with E-state index in [4.69, 9.17) is 0 Å². The van der Waals surface area contributed by atoms with Crippen LogP contribution in [-0.2, 0) is 0 Å². The molecule has 3 N–H and O–H groups in total. The lowest BCUT2D eigenvalue weighted by molar-refractivity contribution is 0.201. The standard InChI is InChI=1S/C17H24N2O2/c1-12-4-2-3-5-14(12)15(13-6-7-13)19-16(21)18-10-17(11-20)8-9-17/h2-5,13,15,20H,6-11H2,1H3,(H2,18,19,21)/t15-/m1/s1. The molecule has 0 heterocycles. The van der Waals surface area contributed by atoms with Gasteiger partial charge in [-0.1, -0.05) is 24.3 Å². The third-order valence-corrected chi connectivity index (χ3v) is 4.82. The Morgan fingerprint density at radius 3 is 2.67 bits per heavy atom.